The van der Waals surface area contributed by atoms with Crippen LogP contribution in [-0.2, 0) is 4.74 Å². The van der Waals surface area contributed by atoms with Gasteiger partial charge < -0.3 is 15.2 Å². The van der Waals surface area contributed by atoms with Crippen LogP contribution in [0.25, 0.3) is 0 Å². The Balaban J connectivity index is 2.43. The molecule has 0 aromatic carbocycles. The SMILES string of the molecule is C[NH+]=C1C[C@@H](NC(=O)OC(C)(C)C)C[C@H]1O. The largest absolute Gasteiger partial charge is 0.444 e. The van der Waals surface area contributed by atoms with Gasteiger partial charge in [0, 0.05) is 12.5 Å². The highest BCUT2D eigenvalue weighted by atomic mass is 16.6. The van der Waals surface area contributed by atoms with Gasteiger partial charge in [0.05, 0.1) is 6.42 Å². The molecule has 0 aliphatic heterocycles. The van der Waals surface area contributed by atoms with Gasteiger partial charge in [-0.15, -0.1) is 0 Å². The average molecular weight is 229 g/mol. The average Bonchev–Trinajstić information content (AvgIpc) is 2.42. The van der Waals surface area contributed by atoms with Gasteiger partial charge in [-0.2, -0.15) is 0 Å². The first-order valence-electron chi connectivity index (χ1n) is 5.53. The van der Waals surface area contributed by atoms with E-state index in [4.69, 9.17) is 4.74 Å². The summed E-state index contributed by atoms with van der Waals surface area (Å²) in [5, 5.41) is 12.4. The Hall–Kier alpha value is -1.10. The third kappa shape index (κ3) is 3.81. The van der Waals surface area contributed by atoms with E-state index in [1.165, 1.54) is 0 Å². The molecule has 3 N–H and O–H groups in total. The van der Waals surface area contributed by atoms with E-state index in [9.17, 15) is 9.90 Å². The lowest BCUT2D eigenvalue weighted by atomic mass is 10.2. The number of hydrogen-bond acceptors (Lipinski definition) is 3. The molecule has 1 fully saturated rings. The predicted octanol–water partition coefficient (Wildman–Crippen LogP) is -0.814. The fourth-order valence-electron chi connectivity index (χ4n) is 1.75. The Bertz CT molecular complexity index is 294. The number of carbonyl (C=O) groups excluding carboxylic acids is 1. The molecule has 0 radical (unpaired) electrons. The van der Waals surface area contributed by atoms with Gasteiger partial charge in [-0.3, -0.25) is 0 Å². The third-order valence-corrected chi connectivity index (χ3v) is 2.42. The molecule has 5 nitrogen and oxygen atoms in total. The number of nitrogens with one attached hydrogen (secondary N) is 2. The topological polar surface area (TPSA) is 72.5 Å². The van der Waals surface area contributed by atoms with Gasteiger partial charge in [0.25, 0.3) is 0 Å². The lowest BCUT2D eigenvalue weighted by molar-refractivity contribution is -0.424. The Kier molecular flexibility index (Phi) is 3.91. The Labute approximate surface area is 95.9 Å². The molecule has 1 aliphatic rings. The second-order valence-electron chi connectivity index (χ2n) is 5.07. The molecule has 1 aliphatic carbocycles. The highest BCUT2D eigenvalue weighted by molar-refractivity contribution is 5.86. The highest BCUT2D eigenvalue weighted by Crippen LogP contribution is 2.15. The van der Waals surface area contributed by atoms with Crippen LogP contribution in [0.15, 0.2) is 0 Å². The molecule has 0 aromatic rings. The predicted molar refractivity (Wildman–Crippen MR) is 60.3 cm³/mol. The van der Waals surface area contributed by atoms with E-state index in [2.05, 4.69) is 10.3 Å². The van der Waals surface area contributed by atoms with E-state index in [0.29, 0.717) is 12.8 Å². The molecule has 0 saturated heterocycles. The van der Waals surface area contributed by atoms with E-state index >= 15 is 0 Å². The fraction of sp³-hybridized carbons (Fsp3) is 0.818. The lowest BCUT2D eigenvalue weighted by Crippen LogP contribution is -2.69. The van der Waals surface area contributed by atoms with Crippen LogP contribution in [0.4, 0.5) is 4.79 Å². The second-order valence-corrected chi connectivity index (χ2v) is 5.07. The summed E-state index contributed by atoms with van der Waals surface area (Å²) < 4.78 is 5.14. The molecular weight excluding hydrogens is 208 g/mol. The van der Waals surface area contributed by atoms with Crippen LogP contribution in [-0.4, -0.2) is 41.7 Å². The van der Waals surface area contributed by atoms with Crippen molar-refractivity contribution in [3.05, 3.63) is 0 Å². The third-order valence-electron chi connectivity index (χ3n) is 2.42. The molecule has 0 unspecified atom stereocenters. The number of carbonyl (C=O) groups is 1. The number of amides is 1. The van der Waals surface area contributed by atoms with Crippen molar-refractivity contribution in [3.63, 3.8) is 0 Å². The standard InChI is InChI=1S/C11H20N2O3/c1-11(2,3)16-10(15)13-7-5-8(12-4)9(14)6-7/h7,9,14H,5-6H2,1-4H3,(H,13,15)/p+1/t7-,9-/m1/s1. The summed E-state index contributed by atoms with van der Waals surface area (Å²) in [4.78, 5) is 14.4. The highest BCUT2D eigenvalue weighted by Gasteiger charge is 2.34. The van der Waals surface area contributed by atoms with Crippen molar-refractivity contribution < 1.29 is 19.6 Å². The number of ether oxygens (including phenoxy) is 1. The monoisotopic (exact) mass is 229 g/mol. The molecule has 0 bridgehead atoms. The molecule has 1 rings (SSSR count). The minimum atomic E-state index is -0.489. The molecular formula is C11H21N2O3+. The van der Waals surface area contributed by atoms with Crippen molar-refractivity contribution >= 4 is 11.8 Å². The van der Waals surface area contributed by atoms with Crippen LogP contribution in [0.1, 0.15) is 33.6 Å². The van der Waals surface area contributed by atoms with Gasteiger partial charge >= 0.3 is 6.09 Å². The van der Waals surface area contributed by atoms with Crippen molar-refractivity contribution in [2.75, 3.05) is 7.05 Å². The molecule has 16 heavy (non-hydrogen) atoms. The van der Waals surface area contributed by atoms with Crippen molar-refractivity contribution in [3.8, 4) is 0 Å². The maximum Gasteiger partial charge on any atom is 0.407 e. The van der Waals surface area contributed by atoms with Crippen molar-refractivity contribution in [1.82, 2.24) is 5.32 Å². The van der Waals surface area contributed by atoms with Gasteiger partial charge in [0.2, 0.25) is 0 Å². The van der Waals surface area contributed by atoms with E-state index in [-0.39, 0.29) is 6.04 Å². The zero-order chi connectivity index (χ0) is 12.3. The Morgan fingerprint density at radius 3 is 2.62 bits per heavy atom. The van der Waals surface area contributed by atoms with Crippen molar-refractivity contribution in [1.29, 1.82) is 0 Å². The van der Waals surface area contributed by atoms with E-state index < -0.39 is 17.8 Å². The molecule has 2 atom stereocenters. The zero-order valence-corrected chi connectivity index (χ0v) is 10.3. The molecule has 1 amide bonds. The van der Waals surface area contributed by atoms with Crippen LogP contribution in [0, 0.1) is 0 Å². The summed E-state index contributed by atoms with van der Waals surface area (Å²) in [6.45, 7) is 5.46. The molecule has 0 heterocycles. The summed E-state index contributed by atoms with van der Waals surface area (Å²) in [7, 11) is 1.77. The van der Waals surface area contributed by atoms with Crippen LogP contribution < -0.4 is 10.3 Å². The summed E-state index contributed by atoms with van der Waals surface area (Å²) in [5.74, 6) is 0. The van der Waals surface area contributed by atoms with Crippen LogP contribution in [0.5, 0.6) is 0 Å². The summed E-state index contributed by atoms with van der Waals surface area (Å²) in [5.41, 5.74) is 0.373. The zero-order valence-electron chi connectivity index (χ0n) is 10.3. The number of aliphatic hydroxyl groups is 1. The van der Waals surface area contributed by atoms with Crippen molar-refractivity contribution in [2.24, 2.45) is 0 Å². The smallest absolute Gasteiger partial charge is 0.407 e. The number of rotatable bonds is 1. The number of alkyl carbamates (subject to hydrolysis) is 1. The molecule has 0 aromatic heterocycles. The first-order valence-corrected chi connectivity index (χ1v) is 5.53. The van der Waals surface area contributed by atoms with Gasteiger partial charge in [-0.25, -0.2) is 9.79 Å². The van der Waals surface area contributed by atoms with E-state index in [1.807, 2.05) is 20.8 Å². The minimum Gasteiger partial charge on any atom is -0.444 e. The van der Waals surface area contributed by atoms with Gasteiger partial charge in [-0.1, -0.05) is 0 Å². The first kappa shape index (κ1) is 13.0. The second kappa shape index (κ2) is 4.82. The lowest BCUT2D eigenvalue weighted by Gasteiger charge is -2.21. The molecule has 0 spiro atoms. The number of hydrogen-bond donors (Lipinski definition) is 3. The quantitative estimate of drug-likeness (QED) is 0.550. The summed E-state index contributed by atoms with van der Waals surface area (Å²) >= 11 is 0. The summed E-state index contributed by atoms with van der Waals surface area (Å²) in [6, 6.07) is -0.0488. The van der Waals surface area contributed by atoms with Crippen LogP contribution >= 0.6 is 0 Å². The van der Waals surface area contributed by atoms with Gasteiger partial charge in [0.15, 0.2) is 5.71 Å². The van der Waals surface area contributed by atoms with E-state index in [1.54, 1.807) is 7.05 Å². The minimum absolute atomic E-state index is 0.0488. The first-order chi connectivity index (χ1) is 7.31. The van der Waals surface area contributed by atoms with E-state index in [0.717, 1.165) is 5.71 Å². The maximum atomic E-state index is 11.5. The Morgan fingerprint density at radius 1 is 1.56 bits per heavy atom. The van der Waals surface area contributed by atoms with Gasteiger partial charge in [-0.05, 0) is 20.8 Å². The Morgan fingerprint density at radius 2 is 2.19 bits per heavy atom. The van der Waals surface area contributed by atoms with Crippen molar-refractivity contribution in [2.45, 2.75) is 51.4 Å². The summed E-state index contributed by atoms with van der Waals surface area (Å²) in [6.07, 6.45) is 0.277. The molecule has 1 saturated carbocycles. The van der Waals surface area contributed by atoms with Crippen LogP contribution in [0.3, 0.4) is 0 Å². The molecule has 92 valence electrons. The fourth-order valence-corrected chi connectivity index (χ4v) is 1.75. The normalized spacial score (nSPS) is 28.2. The number of aliphatic hydroxyl groups excluding tert-OH is 1. The van der Waals surface area contributed by atoms with Gasteiger partial charge in [0.1, 0.15) is 18.8 Å². The maximum absolute atomic E-state index is 11.5. The van der Waals surface area contributed by atoms with Crippen LogP contribution in [0.2, 0.25) is 0 Å². The molecule has 5 heteroatoms.